The summed E-state index contributed by atoms with van der Waals surface area (Å²) in [4.78, 5) is 2.62. The molecule has 1 aliphatic carbocycles. The molecule has 0 radical (unpaired) electrons. The third-order valence-corrected chi connectivity index (χ3v) is 5.22. The lowest BCUT2D eigenvalue weighted by molar-refractivity contribution is 0.234. The van der Waals surface area contributed by atoms with E-state index in [0.717, 1.165) is 32.4 Å². The molecule has 1 saturated carbocycles. The monoisotopic (exact) mass is 283 g/mol. The van der Waals surface area contributed by atoms with Gasteiger partial charge in [-0.2, -0.15) is 5.26 Å². The maximum absolute atomic E-state index is 9.51. The molecule has 1 N–H and O–H groups in total. The fourth-order valence-corrected chi connectivity index (χ4v) is 4.09. The third kappa shape index (κ3) is 2.97. The number of hydrogen-bond donors (Lipinski definition) is 1. The van der Waals surface area contributed by atoms with Gasteiger partial charge in [-0.25, -0.2) is 0 Å². The van der Waals surface area contributed by atoms with E-state index in [1.807, 2.05) is 0 Å². The summed E-state index contributed by atoms with van der Waals surface area (Å²) in [6.07, 6.45) is 4.39. The van der Waals surface area contributed by atoms with E-state index in [1.54, 1.807) is 0 Å². The van der Waals surface area contributed by atoms with Crippen molar-refractivity contribution in [2.75, 3.05) is 19.6 Å². The SMILES string of the molecule is CCNC1(C#N)CCC(N2CCC(c3ccccc3)C2)C1. The second-order valence-electron chi connectivity index (χ2n) is 6.51. The van der Waals surface area contributed by atoms with Gasteiger partial charge in [0, 0.05) is 12.6 Å². The molecule has 21 heavy (non-hydrogen) atoms. The van der Waals surface area contributed by atoms with Crippen molar-refractivity contribution in [2.45, 2.75) is 50.1 Å². The van der Waals surface area contributed by atoms with Gasteiger partial charge in [-0.3, -0.25) is 10.2 Å². The molecule has 1 heterocycles. The second-order valence-corrected chi connectivity index (χ2v) is 6.51. The number of nitrogens with one attached hydrogen (secondary N) is 1. The normalized spacial score (nSPS) is 33.1. The van der Waals surface area contributed by atoms with Gasteiger partial charge in [0.05, 0.1) is 6.07 Å². The molecule has 3 heteroatoms. The Bertz CT molecular complexity index is 507. The van der Waals surface area contributed by atoms with E-state index in [4.69, 9.17) is 0 Å². The van der Waals surface area contributed by atoms with Crippen molar-refractivity contribution in [1.29, 1.82) is 5.26 Å². The van der Waals surface area contributed by atoms with E-state index >= 15 is 0 Å². The first-order valence-electron chi connectivity index (χ1n) is 8.21. The molecule has 3 atom stereocenters. The van der Waals surface area contributed by atoms with Gasteiger partial charge < -0.3 is 0 Å². The van der Waals surface area contributed by atoms with E-state index in [1.165, 1.54) is 18.5 Å². The first-order chi connectivity index (χ1) is 10.3. The lowest BCUT2D eigenvalue weighted by Gasteiger charge is -2.26. The number of hydrogen-bond acceptors (Lipinski definition) is 3. The zero-order valence-electron chi connectivity index (χ0n) is 12.9. The maximum Gasteiger partial charge on any atom is 0.108 e. The van der Waals surface area contributed by atoms with Crippen LogP contribution in [0.25, 0.3) is 0 Å². The molecule has 1 aromatic rings. The summed E-state index contributed by atoms with van der Waals surface area (Å²) in [5, 5.41) is 12.9. The van der Waals surface area contributed by atoms with Crippen LogP contribution in [-0.2, 0) is 0 Å². The second kappa shape index (κ2) is 6.17. The Hall–Kier alpha value is -1.37. The molecular formula is C18H25N3. The van der Waals surface area contributed by atoms with Crippen LogP contribution in [0.5, 0.6) is 0 Å². The number of rotatable bonds is 4. The predicted octanol–water partition coefficient (Wildman–Crippen LogP) is 2.90. The largest absolute Gasteiger partial charge is 0.300 e. The van der Waals surface area contributed by atoms with Crippen LogP contribution in [0.3, 0.4) is 0 Å². The summed E-state index contributed by atoms with van der Waals surface area (Å²) in [6, 6.07) is 14.0. The molecule has 0 spiro atoms. The van der Waals surface area contributed by atoms with E-state index in [0.29, 0.717) is 12.0 Å². The van der Waals surface area contributed by atoms with Crippen molar-refractivity contribution in [3.63, 3.8) is 0 Å². The minimum Gasteiger partial charge on any atom is -0.300 e. The molecule has 0 amide bonds. The van der Waals surface area contributed by atoms with Gasteiger partial charge >= 0.3 is 0 Å². The minimum atomic E-state index is -0.274. The van der Waals surface area contributed by atoms with Gasteiger partial charge in [0.25, 0.3) is 0 Å². The molecule has 2 aliphatic rings. The Morgan fingerprint density at radius 2 is 2.14 bits per heavy atom. The zero-order valence-corrected chi connectivity index (χ0v) is 12.9. The Balaban J connectivity index is 1.62. The van der Waals surface area contributed by atoms with Crippen LogP contribution in [-0.4, -0.2) is 36.1 Å². The molecule has 1 aliphatic heterocycles. The van der Waals surface area contributed by atoms with Crippen LogP contribution in [0.4, 0.5) is 0 Å². The third-order valence-electron chi connectivity index (χ3n) is 5.22. The van der Waals surface area contributed by atoms with Crippen LogP contribution in [0.1, 0.15) is 44.1 Å². The highest BCUT2D eigenvalue weighted by atomic mass is 15.2. The average molecular weight is 283 g/mol. The quantitative estimate of drug-likeness (QED) is 0.923. The van der Waals surface area contributed by atoms with E-state index in [2.05, 4.69) is 53.5 Å². The maximum atomic E-state index is 9.51. The van der Waals surface area contributed by atoms with Crippen molar-refractivity contribution in [1.82, 2.24) is 10.2 Å². The van der Waals surface area contributed by atoms with Gasteiger partial charge in [0.2, 0.25) is 0 Å². The molecule has 1 saturated heterocycles. The predicted molar refractivity (Wildman–Crippen MR) is 85.0 cm³/mol. The summed E-state index contributed by atoms with van der Waals surface area (Å²) in [5.41, 5.74) is 1.20. The molecule has 3 rings (SSSR count). The first-order valence-corrected chi connectivity index (χ1v) is 8.21. The number of nitrogens with zero attached hydrogens (tertiary/aromatic N) is 2. The van der Waals surface area contributed by atoms with Gasteiger partial charge in [-0.05, 0) is 50.3 Å². The molecule has 0 bridgehead atoms. The molecule has 112 valence electrons. The highest BCUT2D eigenvalue weighted by Crippen LogP contribution is 2.37. The molecule has 3 unspecified atom stereocenters. The molecule has 3 nitrogen and oxygen atoms in total. The summed E-state index contributed by atoms with van der Waals surface area (Å²) < 4.78 is 0. The van der Waals surface area contributed by atoms with Crippen molar-refractivity contribution >= 4 is 0 Å². The van der Waals surface area contributed by atoms with Crippen molar-refractivity contribution < 1.29 is 0 Å². The summed E-state index contributed by atoms with van der Waals surface area (Å²) in [6.45, 7) is 5.31. The smallest absolute Gasteiger partial charge is 0.108 e. The Morgan fingerprint density at radius 3 is 2.86 bits per heavy atom. The summed E-state index contributed by atoms with van der Waals surface area (Å²) in [7, 11) is 0. The van der Waals surface area contributed by atoms with Gasteiger partial charge in [-0.1, -0.05) is 37.3 Å². The fraction of sp³-hybridized carbons (Fsp3) is 0.611. The van der Waals surface area contributed by atoms with Crippen LogP contribution in [0, 0.1) is 11.3 Å². The number of likely N-dealkylation sites (tertiary alicyclic amines) is 1. The standard InChI is InChI=1S/C18H25N3/c1-2-20-18(14-19)10-8-17(12-18)21-11-9-16(13-21)15-6-4-3-5-7-15/h3-7,16-17,20H,2,8-13H2,1H3. The lowest BCUT2D eigenvalue weighted by atomic mass is 9.98. The van der Waals surface area contributed by atoms with Crippen LogP contribution < -0.4 is 5.32 Å². The van der Waals surface area contributed by atoms with Crippen LogP contribution in [0.15, 0.2) is 30.3 Å². The van der Waals surface area contributed by atoms with E-state index < -0.39 is 0 Å². The van der Waals surface area contributed by atoms with Crippen molar-refractivity contribution in [3.8, 4) is 6.07 Å². The fourth-order valence-electron chi connectivity index (χ4n) is 4.09. The zero-order chi connectivity index (χ0) is 14.7. The van der Waals surface area contributed by atoms with Gasteiger partial charge in [-0.15, -0.1) is 0 Å². The van der Waals surface area contributed by atoms with Crippen LogP contribution >= 0.6 is 0 Å². The summed E-state index contributed by atoms with van der Waals surface area (Å²) >= 11 is 0. The number of nitriles is 1. The Morgan fingerprint density at radius 1 is 1.33 bits per heavy atom. The number of benzene rings is 1. The molecule has 0 aromatic heterocycles. The first kappa shape index (κ1) is 14.6. The Labute approximate surface area is 128 Å². The molecular weight excluding hydrogens is 258 g/mol. The highest BCUT2D eigenvalue weighted by Gasteiger charge is 2.42. The summed E-state index contributed by atoms with van der Waals surface area (Å²) in [5.74, 6) is 0.669. The topological polar surface area (TPSA) is 39.1 Å². The molecule has 2 fully saturated rings. The Kier molecular flexibility index (Phi) is 4.28. The van der Waals surface area contributed by atoms with Gasteiger partial charge in [0.1, 0.15) is 5.54 Å². The minimum absolute atomic E-state index is 0.274. The van der Waals surface area contributed by atoms with E-state index in [-0.39, 0.29) is 5.54 Å². The molecule has 1 aromatic carbocycles. The average Bonchev–Trinajstić information content (AvgIpc) is 3.16. The highest BCUT2D eigenvalue weighted by molar-refractivity contribution is 5.21. The van der Waals surface area contributed by atoms with E-state index in [9.17, 15) is 5.26 Å². The lowest BCUT2D eigenvalue weighted by Crippen LogP contribution is -2.43. The van der Waals surface area contributed by atoms with Crippen molar-refractivity contribution in [3.05, 3.63) is 35.9 Å². The van der Waals surface area contributed by atoms with Crippen LogP contribution in [0.2, 0.25) is 0 Å². The van der Waals surface area contributed by atoms with Gasteiger partial charge in [0.15, 0.2) is 0 Å². The van der Waals surface area contributed by atoms with Crippen molar-refractivity contribution in [2.24, 2.45) is 0 Å².